The fourth-order valence-electron chi connectivity index (χ4n) is 1.26. The molecular weight excluding hydrogens is 196 g/mol. The molecule has 0 fully saturated rings. The number of hydrogen-bond acceptors (Lipinski definition) is 3. The number of nitrogens with two attached hydrogens (primary N) is 1. The molecule has 6 nitrogen and oxygen atoms in total. The number of nitrogens with zero attached hydrogens (tertiary/aromatic N) is 3. The predicted octanol–water partition coefficient (Wildman–Crippen LogP) is 1.39. The molecule has 0 unspecified atom stereocenters. The highest BCUT2D eigenvalue weighted by Crippen LogP contribution is 2.13. The molecule has 0 atom stereocenters. The highest BCUT2D eigenvalue weighted by atomic mass is 16.2. The number of primary amides is 1. The molecule has 0 aromatic rings. The van der Waals surface area contributed by atoms with Crippen LogP contribution in [0.15, 0.2) is 22.1 Å². The van der Waals surface area contributed by atoms with Crippen molar-refractivity contribution < 1.29 is 9.59 Å². The standard InChI is InChI=1S/C9H14N4O2/c1-2-3-4-5-13(9(10)15)7-6-8(14)12-11-7/h6H,2-5H2,1H3,(H2,10,15). The zero-order chi connectivity index (χ0) is 11.3. The van der Waals surface area contributed by atoms with Gasteiger partial charge in [0.05, 0.1) is 6.08 Å². The number of carbonyl (C=O) groups excluding carboxylic acids is 2. The second-order valence-corrected chi connectivity index (χ2v) is 3.24. The molecular formula is C9H14N4O2. The molecule has 6 heteroatoms. The maximum atomic E-state index is 11.1. The van der Waals surface area contributed by atoms with Gasteiger partial charge in [-0.05, 0) is 6.42 Å². The van der Waals surface area contributed by atoms with Crippen LogP contribution >= 0.6 is 0 Å². The highest BCUT2D eigenvalue weighted by Gasteiger charge is 2.19. The van der Waals surface area contributed by atoms with E-state index in [1.165, 1.54) is 11.0 Å². The zero-order valence-electron chi connectivity index (χ0n) is 8.64. The Labute approximate surface area is 87.8 Å². The van der Waals surface area contributed by atoms with E-state index in [4.69, 9.17) is 5.73 Å². The predicted molar refractivity (Wildman–Crippen MR) is 53.8 cm³/mol. The van der Waals surface area contributed by atoms with Crippen molar-refractivity contribution in [2.24, 2.45) is 16.0 Å². The van der Waals surface area contributed by atoms with E-state index in [2.05, 4.69) is 17.2 Å². The van der Waals surface area contributed by atoms with Crippen molar-refractivity contribution in [2.45, 2.75) is 26.2 Å². The van der Waals surface area contributed by atoms with Gasteiger partial charge in [0, 0.05) is 6.54 Å². The number of rotatable bonds is 5. The molecule has 1 heterocycles. The van der Waals surface area contributed by atoms with Crippen LogP contribution in [-0.2, 0) is 4.79 Å². The lowest BCUT2D eigenvalue weighted by atomic mass is 10.2. The third kappa shape index (κ3) is 3.16. The Balaban J connectivity index is 2.59. The van der Waals surface area contributed by atoms with Gasteiger partial charge in [0.1, 0.15) is 0 Å². The quantitative estimate of drug-likeness (QED) is 0.695. The number of unbranched alkanes of at least 4 members (excludes halogenated alkanes) is 2. The van der Waals surface area contributed by atoms with Crippen LogP contribution in [-0.4, -0.2) is 23.4 Å². The number of amides is 3. The van der Waals surface area contributed by atoms with Gasteiger partial charge < -0.3 is 5.73 Å². The van der Waals surface area contributed by atoms with Gasteiger partial charge in [-0.2, -0.15) is 0 Å². The summed E-state index contributed by atoms with van der Waals surface area (Å²) in [5, 5.41) is 6.87. The summed E-state index contributed by atoms with van der Waals surface area (Å²) >= 11 is 0. The van der Waals surface area contributed by atoms with E-state index in [9.17, 15) is 9.59 Å². The lowest BCUT2D eigenvalue weighted by molar-refractivity contribution is -0.113. The van der Waals surface area contributed by atoms with Crippen LogP contribution in [0.4, 0.5) is 4.79 Å². The summed E-state index contributed by atoms with van der Waals surface area (Å²) in [6.45, 7) is 2.54. The average Bonchev–Trinajstić information content (AvgIpc) is 2.59. The van der Waals surface area contributed by atoms with Gasteiger partial charge in [-0.25, -0.2) is 4.79 Å². The molecule has 0 saturated carbocycles. The Kier molecular flexibility index (Phi) is 3.96. The molecule has 2 N–H and O–H groups in total. The Hall–Kier alpha value is -1.72. The van der Waals surface area contributed by atoms with Crippen molar-refractivity contribution in [3.8, 4) is 0 Å². The average molecular weight is 210 g/mol. The number of azo groups is 1. The number of carbonyl (C=O) groups is 2. The van der Waals surface area contributed by atoms with Crippen molar-refractivity contribution in [2.75, 3.05) is 6.54 Å². The molecule has 0 aliphatic carbocycles. The van der Waals surface area contributed by atoms with Crippen LogP contribution < -0.4 is 5.73 Å². The first kappa shape index (κ1) is 11.4. The summed E-state index contributed by atoms with van der Waals surface area (Å²) in [7, 11) is 0. The first-order valence-corrected chi connectivity index (χ1v) is 4.89. The normalized spacial score (nSPS) is 14.2. The van der Waals surface area contributed by atoms with Crippen LogP contribution in [0.2, 0.25) is 0 Å². The monoisotopic (exact) mass is 210 g/mol. The Morgan fingerprint density at radius 1 is 1.47 bits per heavy atom. The maximum Gasteiger partial charge on any atom is 0.320 e. The summed E-state index contributed by atoms with van der Waals surface area (Å²) in [5.41, 5.74) is 5.18. The molecule has 0 spiro atoms. The van der Waals surface area contributed by atoms with E-state index in [0.29, 0.717) is 6.54 Å². The number of urea groups is 1. The maximum absolute atomic E-state index is 11.1. The minimum atomic E-state index is -0.606. The topological polar surface area (TPSA) is 88.1 Å². The summed E-state index contributed by atoms with van der Waals surface area (Å²) < 4.78 is 0. The van der Waals surface area contributed by atoms with Crippen molar-refractivity contribution in [3.05, 3.63) is 11.9 Å². The van der Waals surface area contributed by atoms with Crippen molar-refractivity contribution in [1.29, 1.82) is 0 Å². The molecule has 3 amide bonds. The van der Waals surface area contributed by atoms with Crippen LogP contribution in [0.1, 0.15) is 26.2 Å². The summed E-state index contributed by atoms with van der Waals surface area (Å²) in [5.74, 6) is -0.213. The van der Waals surface area contributed by atoms with Gasteiger partial charge in [-0.15, -0.1) is 10.2 Å². The van der Waals surface area contributed by atoms with E-state index in [-0.39, 0.29) is 5.82 Å². The fraction of sp³-hybridized carbons (Fsp3) is 0.556. The number of hydrogen-bond donors (Lipinski definition) is 1. The lowest BCUT2D eigenvalue weighted by Crippen LogP contribution is -2.35. The second kappa shape index (κ2) is 5.23. The van der Waals surface area contributed by atoms with E-state index < -0.39 is 11.9 Å². The van der Waals surface area contributed by atoms with E-state index in [1.54, 1.807) is 0 Å². The molecule has 0 aromatic heterocycles. The Morgan fingerprint density at radius 3 is 2.67 bits per heavy atom. The summed E-state index contributed by atoms with van der Waals surface area (Å²) in [6, 6.07) is -0.606. The SMILES string of the molecule is CCCCCN(C(N)=O)C1=CC(=O)N=N1. The minimum Gasteiger partial charge on any atom is -0.351 e. The molecule has 1 rings (SSSR count). The van der Waals surface area contributed by atoms with Gasteiger partial charge in [-0.1, -0.05) is 19.8 Å². The Bertz CT molecular complexity index is 322. The zero-order valence-corrected chi connectivity index (χ0v) is 8.64. The van der Waals surface area contributed by atoms with E-state index >= 15 is 0 Å². The third-order valence-corrected chi connectivity index (χ3v) is 2.03. The third-order valence-electron chi connectivity index (χ3n) is 2.03. The van der Waals surface area contributed by atoms with Crippen LogP contribution in [0.5, 0.6) is 0 Å². The van der Waals surface area contributed by atoms with E-state index in [0.717, 1.165) is 19.3 Å². The molecule has 0 aromatic carbocycles. The molecule has 82 valence electrons. The lowest BCUT2D eigenvalue weighted by Gasteiger charge is -2.17. The smallest absolute Gasteiger partial charge is 0.320 e. The van der Waals surface area contributed by atoms with Gasteiger partial charge in [0.25, 0.3) is 5.91 Å². The van der Waals surface area contributed by atoms with Gasteiger partial charge in [-0.3, -0.25) is 9.69 Å². The fourth-order valence-corrected chi connectivity index (χ4v) is 1.26. The highest BCUT2D eigenvalue weighted by molar-refractivity contribution is 5.91. The van der Waals surface area contributed by atoms with Crippen LogP contribution in [0, 0.1) is 0 Å². The van der Waals surface area contributed by atoms with Gasteiger partial charge in [0.15, 0.2) is 5.82 Å². The van der Waals surface area contributed by atoms with Crippen LogP contribution in [0.25, 0.3) is 0 Å². The minimum absolute atomic E-state index is 0.239. The van der Waals surface area contributed by atoms with Crippen molar-refractivity contribution in [1.82, 2.24) is 4.90 Å². The first-order chi connectivity index (χ1) is 7.15. The molecule has 15 heavy (non-hydrogen) atoms. The van der Waals surface area contributed by atoms with Crippen LogP contribution in [0.3, 0.4) is 0 Å². The summed E-state index contributed by atoms with van der Waals surface area (Å²) in [4.78, 5) is 23.1. The van der Waals surface area contributed by atoms with Crippen molar-refractivity contribution >= 4 is 11.9 Å². The van der Waals surface area contributed by atoms with Crippen molar-refractivity contribution in [3.63, 3.8) is 0 Å². The largest absolute Gasteiger partial charge is 0.351 e. The molecule has 1 aliphatic heterocycles. The first-order valence-electron chi connectivity index (χ1n) is 4.89. The van der Waals surface area contributed by atoms with Gasteiger partial charge in [0.2, 0.25) is 0 Å². The molecule has 0 saturated heterocycles. The second-order valence-electron chi connectivity index (χ2n) is 3.24. The molecule has 0 radical (unpaired) electrons. The Morgan fingerprint density at radius 2 is 2.20 bits per heavy atom. The van der Waals surface area contributed by atoms with Gasteiger partial charge >= 0.3 is 6.03 Å². The summed E-state index contributed by atoms with van der Waals surface area (Å²) in [6.07, 6.45) is 4.09. The van der Waals surface area contributed by atoms with E-state index in [1.807, 2.05) is 0 Å². The molecule has 0 bridgehead atoms. The molecule has 1 aliphatic rings.